The minimum atomic E-state index is -4.99. The average molecular weight is 341 g/mol. The van der Waals surface area contributed by atoms with Crippen molar-refractivity contribution in [1.82, 2.24) is 4.90 Å². The van der Waals surface area contributed by atoms with E-state index in [0.29, 0.717) is 12.6 Å². The average Bonchev–Trinajstić information content (AvgIpc) is 2.45. The van der Waals surface area contributed by atoms with Crippen molar-refractivity contribution in [3.8, 4) is 5.75 Å². The van der Waals surface area contributed by atoms with Crippen LogP contribution in [0.2, 0.25) is 0 Å². The Balaban J connectivity index is 0.00000242. The maximum atomic E-state index is 12.7. The summed E-state index contributed by atoms with van der Waals surface area (Å²) in [6.07, 6.45) is -0.110. The van der Waals surface area contributed by atoms with Gasteiger partial charge in [0.1, 0.15) is 18.5 Å². The van der Waals surface area contributed by atoms with Gasteiger partial charge in [0.25, 0.3) is 0 Å². The summed E-state index contributed by atoms with van der Waals surface area (Å²) in [6.45, 7) is 1.72. The maximum Gasteiger partial charge on any atom is 1.00 e. The minimum absolute atomic E-state index is 0. The van der Waals surface area contributed by atoms with Crippen LogP contribution in [0.4, 0.5) is 12.9 Å². The van der Waals surface area contributed by atoms with Gasteiger partial charge < -0.3 is 22.4 Å². The molecule has 0 N–H and O–H groups in total. The molecule has 1 atom stereocenters. The fourth-order valence-corrected chi connectivity index (χ4v) is 2.31. The number of ether oxygens (including phenoxy) is 2. The van der Waals surface area contributed by atoms with Gasteiger partial charge in [0.15, 0.2) is 0 Å². The first kappa shape index (κ1) is 20.5. The second-order valence-electron chi connectivity index (χ2n) is 5.54. The molecule has 0 saturated carbocycles. The van der Waals surface area contributed by atoms with E-state index in [4.69, 9.17) is 9.47 Å². The summed E-state index contributed by atoms with van der Waals surface area (Å²) < 4.78 is 49.1. The van der Waals surface area contributed by atoms with Crippen LogP contribution in [-0.2, 0) is 4.74 Å². The minimum Gasteiger partial charge on any atom is -0.491 e. The normalized spacial score (nSPS) is 19.8. The van der Waals surface area contributed by atoms with Gasteiger partial charge in [-0.1, -0.05) is 12.1 Å². The predicted octanol–water partition coefficient (Wildman–Crippen LogP) is -0.767. The third-order valence-electron chi connectivity index (χ3n) is 3.57. The van der Waals surface area contributed by atoms with Gasteiger partial charge in [0, 0.05) is 19.1 Å². The Morgan fingerprint density at radius 2 is 2.09 bits per heavy atom. The Morgan fingerprint density at radius 3 is 2.73 bits per heavy atom. The molecule has 1 fully saturated rings. The summed E-state index contributed by atoms with van der Waals surface area (Å²) in [5.74, 6) is 0.233. The third-order valence-corrected chi connectivity index (χ3v) is 3.57. The maximum absolute atomic E-state index is 12.7. The van der Waals surface area contributed by atoms with Crippen LogP contribution in [-0.4, -0.2) is 50.3 Å². The number of morpholine rings is 1. The van der Waals surface area contributed by atoms with Gasteiger partial charge in [-0.2, -0.15) is 0 Å². The molecule has 1 aromatic carbocycles. The van der Waals surface area contributed by atoms with Crippen LogP contribution in [0.1, 0.15) is 13.8 Å². The van der Waals surface area contributed by atoms with Gasteiger partial charge in [0.2, 0.25) is 0 Å². The summed E-state index contributed by atoms with van der Waals surface area (Å²) in [5, 5.41) is 0. The standard InChI is InChI=1S/C14H20BF3NO2.K/c1-11(2)19-6-7-20-14(9-19)10-21-13-5-3-4-12(8-13)15(16,17)18;/h3-5,8,11,14H,6-7,9-10H2,1-2H3;/q-1;+1. The summed E-state index contributed by atoms with van der Waals surface area (Å²) in [4.78, 5) is 2.27. The number of benzene rings is 1. The zero-order chi connectivity index (χ0) is 15.5. The smallest absolute Gasteiger partial charge is 0.491 e. The van der Waals surface area contributed by atoms with Gasteiger partial charge in [-0.05, 0) is 26.0 Å². The summed E-state index contributed by atoms with van der Waals surface area (Å²) in [6, 6.07) is 5.43. The van der Waals surface area contributed by atoms with Crippen LogP contribution in [0.3, 0.4) is 0 Å². The predicted molar refractivity (Wildman–Crippen MR) is 77.1 cm³/mol. The van der Waals surface area contributed by atoms with Gasteiger partial charge in [-0.3, -0.25) is 4.90 Å². The second-order valence-corrected chi connectivity index (χ2v) is 5.54. The molecule has 1 aromatic rings. The number of hydrogen-bond acceptors (Lipinski definition) is 3. The molecule has 22 heavy (non-hydrogen) atoms. The molecular weight excluding hydrogens is 321 g/mol. The van der Waals surface area contributed by atoms with Crippen molar-refractivity contribution in [2.24, 2.45) is 0 Å². The van der Waals surface area contributed by atoms with Crippen molar-refractivity contribution >= 4 is 12.4 Å². The largest absolute Gasteiger partial charge is 1.00 e. The molecule has 0 bridgehead atoms. The van der Waals surface area contributed by atoms with Gasteiger partial charge >= 0.3 is 58.4 Å². The van der Waals surface area contributed by atoms with E-state index in [0.717, 1.165) is 25.2 Å². The van der Waals surface area contributed by atoms with E-state index in [1.165, 1.54) is 12.1 Å². The van der Waals surface area contributed by atoms with Gasteiger partial charge in [0.05, 0.1) is 6.61 Å². The molecule has 118 valence electrons. The van der Waals surface area contributed by atoms with Crippen molar-refractivity contribution in [3.63, 3.8) is 0 Å². The molecule has 2 rings (SSSR count). The molecule has 1 aliphatic rings. The number of halogens is 3. The van der Waals surface area contributed by atoms with Gasteiger partial charge in [-0.25, -0.2) is 0 Å². The van der Waals surface area contributed by atoms with Crippen molar-refractivity contribution < 1.29 is 73.8 Å². The Hall–Kier alpha value is 0.431. The first-order valence-corrected chi connectivity index (χ1v) is 7.14. The Labute approximate surface area is 172 Å². The molecule has 0 amide bonds. The third kappa shape index (κ3) is 6.15. The van der Waals surface area contributed by atoms with Crippen molar-refractivity contribution in [2.75, 3.05) is 26.3 Å². The number of nitrogens with zero attached hydrogens (tertiary/aromatic N) is 1. The van der Waals surface area contributed by atoms with Crippen LogP contribution in [0, 0.1) is 0 Å². The van der Waals surface area contributed by atoms with Crippen LogP contribution in [0.15, 0.2) is 24.3 Å². The molecule has 3 nitrogen and oxygen atoms in total. The molecule has 0 aliphatic carbocycles. The molecule has 0 spiro atoms. The number of rotatable bonds is 5. The van der Waals surface area contributed by atoms with E-state index in [9.17, 15) is 12.9 Å². The van der Waals surface area contributed by atoms with Crippen LogP contribution in [0.5, 0.6) is 5.75 Å². The van der Waals surface area contributed by atoms with Crippen molar-refractivity contribution in [2.45, 2.75) is 26.0 Å². The summed E-state index contributed by atoms with van der Waals surface area (Å²) in [5.41, 5.74) is -0.638. The second kappa shape index (κ2) is 9.06. The van der Waals surface area contributed by atoms with E-state index in [1.54, 1.807) is 0 Å². The fourth-order valence-electron chi connectivity index (χ4n) is 2.31. The van der Waals surface area contributed by atoms with E-state index in [2.05, 4.69) is 18.7 Å². The molecule has 1 unspecified atom stereocenters. The SMILES string of the molecule is CC(C)N1CCOC(COc2cccc([B-](F)(F)F)c2)C1.[K+]. The Bertz CT molecular complexity index is 474. The summed E-state index contributed by atoms with van der Waals surface area (Å²) in [7, 11) is 0. The van der Waals surface area contributed by atoms with Gasteiger partial charge in [-0.15, -0.1) is 5.46 Å². The summed E-state index contributed by atoms with van der Waals surface area (Å²) >= 11 is 0. The van der Waals surface area contributed by atoms with Crippen LogP contribution < -0.4 is 61.6 Å². The quantitative estimate of drug-likeness (QED) is 0.657. The molecule has 1 saturated heterocycles. The van der Waals surface area contributed by atoms with E-state index in [-0.39, 0.29) is 69.8 Å². The Morgan fingerprint density at radius 1 is 1.36 bits per heavy atom. The van der Waals surface area contributed by atoms with E-state index < -0.39 is 12.4 Å². The van der Waals surface area contributed by atoms with Crippen LogP contribution >= 0.6 is 0 Å². The van der Waals surface area contributed by atoms with E-state index in [1.807, 2.05) is 0 Å². The van der Waals surface area contributed by atoms with Crippen molar-refractivity contribution in [3.05, 3.63) is 24.3 Å². The fraction of sp³-hybridized carbons (Fsp3) is 0.571. The molecule has 0 aromatic heterocycles. The molecule has 0 radical (unpaired) electrons. The molecule has 1 aliphatic heterocycles. The first-order valence-electron chi connectivity index (χ1n) is 7.14. The van der Waals surface area contributed by atoms with Crippen LogP contribution in [0.25, 0.3) is 0 Å². The zero-order valence-corrected chi connectivity index (χ0v) is 16.4. The van der Waals surface area contributed by atoms with Crippen molar-refractivity contribution in [1.29, 1.82) is 0 Å². The van der Waals surface area contributed by atoms with E-state index >= 15 is 0 Å². The molecular formula is C14H20BF3KNO2. The molecule has 8 heteroatoms. The zero-order valence-electron chi connectivity index (χ0n) is 13.3. The number of hydrogen-bond donors (Lipinski definition) is 0. The monoisotopic (exact) mass is 341 g/mol. The first-order chi connectivity index (χ1) is 9.86. The molecule has 1 heterocycles. The topological polar surface area (TPSA) is 21.7 Å². The Kier molecular flexibility index (Phi) is 8.43.